The number of fused-ring (bicyclic) bond motifs is 1. The Morgan fingerprint density at radius 1 is 1.33 bits per heavy atom. The zero-order chi connectivity index (χ0) is 15.0. The fourth-order valence-electron chi connectivity index (χ4n) is 3.89. The molecule has 1 amide bonds. The molecule has 114 valence electrons. The molecule has 1 aromatic rings. The number of carboxylic acids is 1. The molecule has 3 unspecified atom stereocenters. The van der Waals surface area contributed by atoms with Crippen LogP contribution in [-0.2, 0) is 4.79 Å². The van der Waals surface area contributed by atoms with Crippen molar-refractivity contribution >= 4 is 11.9 Å². The SMILES string of the molecule is Cc1cc(C(=O)N2CCC(C(=O)O)C3CCCCC32)n[nH]1. The molecule has 3 atom stereocenters. The van der Waals surface area contributed by atoms with Gasteiger partial charge < -0.3 is 10.0 Å². The molecule has 0 bridgehead atoms. The minimum atomic E-state index is -0.713. The molecule has 1 aromatic heterocycles. The van der Waals surface area contributed by atoms with Crippen LogP contribution in [0.2, 0.25) is 0 Å². The summed E-state index contributed by atoms with van der Waals surface area (Å²) in [6.45, 7) is 2.38. The van der Waals surface area contributed by atoms with Crippen molar-refractivity contribution in [1.82, 2.24) is 15.1 Å². The monoisotopic (exact) mass is 291 g/mol. The van der Waals surface area contributed by atoms with Crippen molar-refractivity contribution in [1.29, 1.82) is 0 Å². The van der Waals surface area contributed by atoms with E-state index in [1.165, 1.54) is 0 Å². The molecule has 2 aliphatic rings. The summed E-state index contributed by atoms with van der Waals surface area (Å²) in [4.78, 5) is 25.9. The van der Waals surface area contributed by atoms with E-state index >= 15 is 0 Å². The number of carbonyl (C=O) groups excluding carboxylic acids is 1. The molecule has 6 heteroatoms. The number of nitrogens with one attached hydrogen (secondary N) is 1. The molecule has 2 fully saturated rings. The zero-order valence-corrected chi connectivity index (χ0v) is 12.2. The Bertz CT molecular complexity index is 554. The number of H-pyrrole nitrogens is 1. The van der Waals surface area contributed by atoms with Gasteiger partial charge >= 0.3 is 5.97 Å². The Hall–Kier alpha value is -1.85. The molecule has 0 radical (unpaired) electrons. The maximum absolute atomic E-state index is 12.6. The highest BCUT2D eigenvalue weighted by atomic mass is 16.4. The average Bonchev–Trinajstić information content (AvgIpc) is 2.91. The van der Waals surface area contributed by atoms with Gasteiger partial charge in [0.15, 0.2) is 0 Å². The Labute approximate surface area is 123 Å². The van der Waals surface area contributed by atoms with Gasteiger partial charge in [-0.2, -0.15) is 5.10 Å². The predicted octanol–water partition coefficient (Wildman–Crippen LogP) is 1.82. The summed E-state index contributed by atoms with van der Waals surface area (Å²) in [7, 11) is 0. The van der Waals surface area contributed by atoms with Gasteiger partial charge in [0.05, 0.1) is 5.92 Å². The second-order valence-corrected chi connectivity index (χ2v) is 6.18. The largest absolute Gasteiger partial charge is 0.481 e. The molecule has 0 aromatic carbocycles. The average molecular weight is 291 g/mol. The molecule has 1 aliphatic heterocycles. The van der Waals surface area contributed by atoms with E-state index in [1.807, 2.05) is 11.8 Å². The number of aliphatic carboxylic acids is 1. The zero-order valence-electron chi connectivity index (χ0n) is 12.2. The third-order valence-electron chi connectivity index (χ3n) is 4.88. The fourth-order valence-corrected chi connectivity index (χ4v) is 3.89. The van der Waals surface area contributed by atoms with Gasteiger partial charge in [-0.1, -0.05) is 12.8 Å². The van der Waals surface area contributed by atoms with Gasteiger partial charge in [0.2, 0.25) is 0 Å². The predicted molar refractivity (Wildman–Crippen MR) is 75.9 cm³/mol. The van der Waals surface area contributed by atoms with Crippen LogP contribution in [0.1, 0.15) is 48.3 Å². The number of aryl methyl sites for hydroxylation is 1. The van der Waals surface area contributed by atoms with Gasteiger partial charge in [0.1, 0.15) is 5.69 Å². The molecule has 3 rings (SSSR count). The molecule has 1 saturated carbocycles. The van der Waals surface area contributed by atoms with Gasteiger partial charge in [-0.05, 0) is 38.2 Å². The minimum Gasteiger partial charge on any atom is -0.481 e. The van der Waals surface area contributed by atoms with E-state index < -0.39 is 5.97 Å². The number of carbonyl (C=O) groups is 2. The lowest BCUT2D eigenvalue weighted by Gasteiger charge is -2.46. The Morgan fingerprint density at radius 2 is 2.10 bits per heavy atom. The first-order chi connectivity index (χ1) is 10.1. The van der Waals surface area contributed by atoms with Crippen LogP contribution < -0.4 is 0 Å². The lowest BCUT2D eigenvalue weighted by Crippen LogP contribution is -2.54. The van der Waals surface area contributed by atoms with E-state index in [1.54, 1.807) is 6.07 Å². The van der Waals surface area contributed by atoms with Crippen LogP contribution in [0.25, 0.3) is 0 Å². The Kier molecular flexibility index (Phi) is 3.69. The topological polar surface area (TPSA) is 86.3 Å². The summed E-state index contributed by atoms with van der Waals surface area (Å²) in [6, 6.07) is 1.81. The number of aromatic nitrogens is 2. The number of piperidine rings is 1. The number of hydrogen-bond acceptors (Lipinski definition) is 3. The van der Waals surface area contributed by atoms with E-state index in [-0.39, 0.29) is 23.8 Å². The number of hydrogen-bond donors (Lipinski definition) is 2. The highest BCUT2D eigenvalue weighted by molar-refractivity contribution is 5.92. The molecule has 6 nitrogen and oxygen atoms in total. The van der Waals surface area contributed by atoms with Gasteiger partial charge in [0, 0.05) is 18.3 Å². The van der Waals surface area contributed by atoms with Crippen LogP contribution in [0, 0.1) is 18.8 Å². The van der Waals surface area contributed by atoms with E-state index in [2.05, 4.69) is 10.2 Å². The molecule has 1 saturated heterocycles. The molecular formula is C15H21N3O3. The first kappa shape index (κ1) is 14.1. The minimum absolute atomic E-state index is 0.0538. The number of nitrogens with zero attached hydrogens (tertiary/aromatic N) is 2. The standard InChI is InChI=1S/C15H21N3O3/c1-9-8-12(17-16-9)14(19)18-7-6-11(15(20)21)10-4-2-3-5-13(10)18/h8,10-11,13H,2-7H2,1H3,(H,16,17)(H,20,21). The molecule has 1 aliphatic carbocycles. The maximum atomic E-state index is 12.6. The lowest BCUT2D eigenvalue weighted by molar-refractivity contribution is -0.147. The Balaban J connectivity index is 1.83. The third kappa shape index (κ3) is 2.54. The van der Waals surface area contributed by atoms with Crippen molar-refractivity contribution in [3.8, 4) is 0 Å². The van der Waals surface area contributed by atoms with Crippen molar-refractivity contribution in [3.63, 3.8) is 0 Å². The van der Waals surface area contributed by atoms with Gasteiger partial charge in [0.25, 0.3) is 5.91 Å². The summed E-state index contributed by atoms with van der Waals surface area (Å²) in [5.41, 5.74) is 1.30. The van der Waals surface area contributed by atoms with Crippen LogP contribution in [-0.4, -0.2) is 44.7 Å². The number of rotatable bonds is 2. The smallest absolute Gasteiger partial charge is 0.306 e. The number of aromatic amines is 1. The van der Waals surface area contributed by atoms with E-state index in [0.29, 0.717) is 18.7 Å². The van der Waals surface area contributed by atoms with Crippen molar-refractivity contribution in [3.05, 3.63) is 17.5 Å². The van der Waals surface area contributed by atoms with Crippen molar-refractivity contribution in [2.45, 2.75) is 45.1 Å². The molecule has 2 N–H and O–H groups in total. The fraction of sp³-hybridized carbons (Fsp3) is 0.667. The molecular weight excluding hydrogens is 270 g/mol. The van der Waals surface area contributed by atoms with Gasteiger partial charge in [-0.3, -0.25) is 14.7 Å². The van der Waals surface area contributed by atoms with Crippen LogP contribution in [0.5, 0.6) is 0 Å². The highest BCUT2D eigenvalue weighted by Crippen LogP contribution is 2.39. The summed E-state index contributed by atoms with van der Waals surface area (Å²) in [5, 5.41) is 16.2. The number of amides is 1. The van der Waals surface area contributed by atoms with Crippen LogP contribution in [0.3, 0.4) is 0 Å². The first-order valence-corrected chi connectivity index (χ1v) is 7.63. The van der Waals surface area contributed by atoms with E-state index in [9.17, 15) is 14.7 Å². The van der Waals surface area contributed by atoms with Crippen LogP contribution in [0.4, 0.5) is 0 Å². The quantitative estimate of drug-likeness (QED) is 0.870. The van der Waals surface area contributed by atoms with Crippen LogP contribution in [0.15, 0.2) is 6.07 Å². The summed E-state index contributed by atoms with van der Waals surface area (Å²) in [6.07, 6.45) is 4.49. The lowest BCUT2D eigenvalue weighted by atomic mass is 9.72. The molecule has 0 spiro atoms. The Morgan fingerprint density at radius 3 is 2.76 bits per heavy atom. The summed E-state index contributed by atoms with van der Waals surface area (Å²) >= 11 is 0. The highest BCUT2D eigenvalue weighted by Gasteiger charge is 2.44. The molecule has 2 heterocycles. The third-order valence-corrected chi connectivity index (χ3v) is 4.88. The second kappa shape index (κ2) is 5.50. The normalized spacial score (nSPS) is 29.0. The van der Waals surface area contributed by atoms with E-state index in [0.717, 1.165) is 31.4 Å². The first-order valence-electron chi connectivity index (χ1n) is 7.63. The van der Waals surface area contributed by atoms with Crippen molar-refractivity contribution in [2.24, 2.45) is 11.8 Å². The summed E-state index contributed by atoms with van der Waals surface area (Å²) < 4.78 is 0. The van der Waals surface area contributed by atoms with Crippen LogP contribution >= 0.6 is 0 Å². The maximum Gasteiger partial charge on any atom is 0.306 e. The molecule has 21 heavy (non-hydrogen) atoms. The second-order valence-electron chi connectivity index (χ2n) is 6.18. The number of likely N-dealkylation sites (tertiary alicyclic amines) is 1. The van der Waals surface area contributed by atoms with Gasteiger partial charge in [-0.25, -0.2) is 0 Å². The van der Waals surface area contributed by atoms with E-state index in [4.69, 9.17) is 0 Å². The summed E-state index contributed by atoms with van der Waals surface area (Å²) in [5.74, 6) is -0.996. The van der Waals surface area contributed by atoms with Crippen molar-refractivity contribution < 1.29 is 14.7 Å². The number of carboxylic acid groups (broad SMARTS) is 1. The van der Waals surface area contributed by atoms with Gasteiger partial charge in [-0.15, -0.1) is 0 Å². The van der Waals surface area contributed by atoms with Crippen molar-refractivity contribution in [2.75, 3.05) is 6.54 Å².